The Morgan fingerprint density at radius 3 is 2.57 bits per heavy atom. The molecule has 0 aliphatic heterocycles. The van der Waals surface area contributed by atoms with E-state index in [0.717, 1.165) is 37.8 Å². The topological polar surface area (TPSA) is 29.1 Å². The maximum Gasteiger partial charge on any atom is 0.254 e. The van der Waals surface area contributed by atoms with Crippen molar-refractivity contribution in [3.05, 3.63) is 34.4 Å². The van der Waals surface area contributed by atoms with Crippen LogP contribution in [0.1, 0.15) is 43.0 Å². The first-order chi connectivity index (χ1) is 9.87. The van der Waals surface area contributed by atoms with Gasteiger partial charge in [-0.1, -0.05) is 34.5 Å². The maximum atomic E-state index is 13.8. The number of alkyl halides is 1. The zero-order valence-corrected chi connectivity index (χ0v) is 14.0. The van der Waals surface area contributed by atoms with Crippen LogP contribution in [0.3, 0.4) is 0 Å². The SMILES string of the molecule is CC1CCC(CBr)(NC(=O)c2cc(F)c(Cl)cc2F)CC1. The van der Waals surface area contributed by atoms with Gasteiger partial charge in [-0.15, -0.1) is 0 Å². The van der Waals surface area contributed by atoms with Gasteiger partial charge in [0.25, 0.3) is 5.91 Å². The smallest absolute Gasteiger partial charge is 0.254 e. The molecule has 1 amide bonds. The highest BCUT2D eigenvalue weighted by Gasteiger charge is 2.35. The van der Waals surface area contributed by atoms with Gasteiger partial charge in [0.15, 0.2) is 0 Å². The molecular weight excluding hydrogens is 364 g/mol. The molecule has 0 radical (unpaired) electrons. The lowest BCUT2D eigenvalue weighted by Crippen LogP contribution is -2.52. The molecule has 2 nitrogen and oxygen atoms in total. The Labute approximate surface area is 136 Å². The molecule has 0 heterocycles. The molecule has 0 unspecified atom stereocenters. The van der Waals surface area contributed by atoms with Gasteiger partial charge in [0.05, 0.1) is 16.1 Å². The van der Waals surface area contributed by atoms with Crippen LogP contribution in [0.15, 0.2) is 12.1 Å². The van der Waals surface area contributed by atoms with Crippen molar-refractivity contribution < 1.29 is 13.6 Å². The summed E-state index contributed by atoms with van der Waals surface area (Å²) in [5, 5.41) is 3.14. The van der Waals surface area contributed by atoms with E-state index in [1.54, 1.807) is 0 Å². The predicted molar refractivity (Wildman–Crippen MR) is 83.0 cm³/mol. The first-order valence-corrected chi connectivity index (χ1v) is 8.40. The highest BCUT2D eigenvalue weighted by atomic mass is 79.9. The molecule has 1 aliphatic carbocycles. The summed E-state index contributed by atoms with van der Waals surface area (Å²) in [4.78, 5) is 12.3. The first-order valence-electron chi connectivity index (χ1n) is 6.90. The van der Waals surface area contributed by atoms with Crippen LogP contribution in [0.2, 0.25) is 5.02 Å². The van der Waals surface area contributed by atoms with Crippen LogP contribution in [0.4, 0.5) is 8.78 Å². The van der Waals surface area contributed by atoms with Gasteiger partial charge in [-0.3, -0.25) is 4.79 Å². The highest BCUT2D eigenvalue weighted by molar-refractivity contribution is 9.09. The third kappa shape index (κ3) is 3.75. The molecule has 1 aromatic rings. The van der Waals surface area contributed by atoms with E-state index in [-0.39, 0.29) is 10.6 Å². The lowest BCUT2D eigenvalue weighted by atomic mass is 9.78. The minimum atomic E-state index is -0.812. The van der Waals surface area contributed by atoms with E-state index in [2.05, 4.69) is 28.2 Å². The van der Waals surface area contributed by atoms with Gasteiger partial charge in [-0.2, -0.15) is 0 Å². The Kier molecular flexibility index (Phi) is 5.25. The summed E-state index contributed by atoms with van der Waals surface area (Å²) in [6.45, 7) is 2.17. The molecule has 0 saturated heterocycles. The van der Waals surface area contributed by atoms with Crippen LogP contribution in [0, 0.1) is 17.6 Å². The number of amides is 1. The Balaban J connectivity index is 2.19. The molecule has 1 N–H and O–H groups in total. The third-order valence-corrected chi connectivity index (χ3v) is 5.48. The lowest BCUT2D eigenvalue weighted by molar-refractivity contribution is 0.0870. The van der Waals surface area contributed by atoms with E-state index in [1.165, 1.54) is 0 Å². The summed E-state index contributed by atoms with van der Waals surface area (Å²) >= 11 is 8.93. The van der Waals surface area contributed by atoms with Gasteiger partial charge in [-0.25, -0.2) is 8.78 Å². The second kappa shape index (κ2) is 6.61. The van der Waals surface area contributed by atoms with Crippen molar-refractivity contribution in [1.82, 2.24) is 5.32 Å². The summed E-state index contributed by atoms with van der Waals surface area (Å²) in [5.74, 6) is -1.59. The Morgan fingerprint density at radius 1 is 1.38 bits per heavy atom. The Morgan fingerprint density at radius 2 is 2.00 bits per heavy atom. The number of halogens is 4. The number of carbonyl (C=O) groups is 1. The van der Waals surface area contributed by atoms with Crippen LogP contribution in [-0.4, -0.2) is 16.8 Å². The normalized spacial score (nSPS) is 25.7. The maximum absolute atomic E-state index is 13.8. The molecule has 116 valence electrons. The average Bonchev–Trinajstić information content (AvgIpc) is 2.45. The summed E-state index contributed by atoms with van der Waals surface area (Å²) in [6, 6.07) is 1.68. The Hall–Kier alpha value is -0.680. The second-order valence-corrected chi connectivity index (χ2v) is 6.76. The Bertz CT molecular complexity index is 545. The van der Waals surface area contributed by atoms with E-state index in [1.807, 2.05) is 0 Å². The fraction of sp³-hybridized carbons (Fsp3) is 0.533. The number of rotatable bonds is 3. The van der Waals surface area contributed by atoms with Crippen LogP contribution in [0.5, 0.6) is 0 Å². The number of hydrogen-bond acceptors (Lipinski definition) is 1. The minimum Gasteiger partial charge on any atom is -0.346 e. The molecule has 1 aromatic carbocycles. The summed E-state index contributed by atoms with van der Waals surface area (Å²) in [7, 11) is 0. The third-order valence-electron chi connectivity index (χ3n) is 4.12. The molecule has 2 rings (SSSR count). The van der Waals surface area contributed by atoms with Crippen molar-refractivity contribution in [3.8, 4) is 0 Å². The molecule has 1 aliphatic rings. The molecule has 0 atom stereocenters. The van der Waals surface area contributed by atoms with Gasteiger partial charge in [0.1, 0.15) is 11.6 Å². The van der Waals surface area contributed by atoms with Crippen molar-refractivity contribution in [3.63, 3.8) is 0 Å². The predicted octanol–water partition coefficient (Wildman–Crippen LogP) is 4.69. The largest absolute Gasteiger partial charge is 0.346 e. The van der Waals surface area contributed by atoms with Gasteiger partial charge in [-0.05, 0) is 43.7 Å². The molecule has 1 saturated carbocycles. The second-order valence-electron chi connectivity index (χ2n) is 5.80. The van der Waals surface area contributed by atoms with Crippen molar-refractivity contribution >= 4 is 33.4 Å². The van der Waals surface area contributed by atoms with Crippen molar-refractivity contribution in [2.45, 2.75) is 38.1 Å². The van der Waals surface area contributed by atoms with Gasteiger partial charge < -0.3 is 5.32 Å². The number of carbonyl (C=O) groups excluding carboxylic acids is 1. The van der Waals surface area contributed by atoms with E-state index >= 15 is 0 Å². The zero-order chi connectivity index (χ0) is 15.6. The van der Waals surface area contributed by atoms with Crippen LogP contribution >= 0.6 is 27.5 Å². The monoisotopic (exact) mass is 379 g/mol. The molecule has 6 heteroatoms. The summed E-state index contributed by atoms with van der Waals surface area (Å²) < 4.78 is 27.2. The van der Waals surface area contributed by atoms with Crippen molar-refractivity contribution in [1.29, 1.82) is 0 Å². The first kappa shape index (κ1) is 16.7. The van der Waals surface area contributed by atoms with E-state index < -0.39 is 23.1 Å². The van der Waals surface area contributed by atoms with E-state index in [0.29, 0.717) is 11.2 Å². The highest BCUT2D eigenvalue weighted by Crippen LogP contribution is 2.33. The quantitative estimate of drug-likeness (QED) is 0.598. The fourth-order valence-electron chi connectivity index (χ4n) is 2.61. The molecule has 0 aromatic heterocycles. The number of hydrogen-bond donors (Lipinski definition) is 1. The molecule has 0 bridgehead atoms. The van der Waals surface area contributed by atoms with Crippen LogP contribution in [0.25, 0.3) is 0 Å². The molecular formula is C15H17BrClF2NO. The summed E-state index contributed by atoms with van der Waals surface area (Å²) in [6.07, 6.45) is 3.65. The fourth-order valence-corrected chi connectivity index (χ4v) is 3.46. The minimum absolute atomic E-state index is 0.309. The standard InChI is InChI=1S/C15H17BrClF2NO/c1-9-2-4-15(8-16,5-3-9)20-14(21)10-6-13(19)11(17)7-12(10)18/h6-7,9H,2-5,8H2,1H3,(H,20,21). The molecule has 0 spiro atoms. The van der Waals surface area contributed by atoms with Crippen molar-refractivity contribution in [2.24, 2.45) is 5.92 Å². The van der Waals surface area contributed by atoms with Crippen molar-refractivity contribution in [2.75, 3.05) is 5.33 Å². The molecule has 21 heavy (non-hydrogen) atoms. The average molecular weight is 381 g/mol. The van der Waals surface area contributed by atoms with Gasteiger partial charge in [0.2, 0.25) is 0 Å². The van der Waals surface area contributed by atoms with Gasteiger partial charge in [0, 0.05) is 5.33 Å². The van der Waals surface area contributed by atoms with Crippen LogP contribution in [-0.2, 0) is 0 Å². The van der Waals surface area contributed by atoms with Gasteiger partial charge >= 0.3 is 0 Å². The lowest BCUT2D eigenvalue weighted by Gasteiger charge is -2.39. The van der Waals surface area contributed by atoms with E-state index in [4.69, 9.17) is 11.6 Å². The summed E-state index contributed by atoms with van der Waals surface area (Å²) in [5.41, 5.74) is -0.706. The van der Waals surface area contributed by atoms with Crippen LogP contribution < -0.4 is 5.32 Å². The zero-order valence-electron chi connectivity index (χ0n) is 11.7. The number of nitrogens with one attached hydrogen (secondary N) is 1. The molecule has 1 fully saturated rings. The number of benzene rings is 1. The van der Waals surface area contributed by atoms with E-state index in [9.17, 15) is 13.6 Å².